The van der Waals surface area contributed by atoms with Crippen LogP contribution in [0.15, 0.2) is 82.9 Å². The minimum Gasteiger partial charge on any atom is -0.322 e. The number of nitrogens with zero attached hydrogens (tertiary/aromatic N) is 2. The Balaban J connectivity index is 1.55. The van der Waals surface area contributed by atoms with Crippen molar-refractivity contribution in [3.8, 4) is 21.8 Å². The van der Waals surface area contributed by atoms with Crippen LogP contribution < -0.4 is 5.32 Å². The minimum absolute atomic E-state index is 0.143. The van der Waals surface area contributed by atoms with Gasteiger partial charge in [0.1, 0.15) is 5.01 Å². The van der Waals surface area contributed by atoms with Gasteiger partial charge in [0.25, 0.3) is 5.91 Å². The fourth-order valence-electron chi connectivity index (χ4n) is 2.59. The topological polar surface area (TPSA) is 54.9 Å². The van der Waals surface area contributed by atoms with Crippen LogP contribution in [0.4, 0.5) is 5.69 Å². The van der Waals surface area contributed by atoms with Gasteiger partial charge in [-0.05, 0) is 48.5 Å². The zero-order valence-corrected chi connectivity index (χ0v) is 16.5. The lowest BCUT2D eigenvalue weighted by atomic mass is 10.1. The molecule has 132 valence electrons. The van der Waals surface area contributed by atoms with Crippen molar-refractivity contribution in [3.63, 3.8) is 0 Å². The van der Waals surface area contributed by atoms with Gasteiger partial charge in [0.15, 0.2) is 0 Å². The molecule has 0 atom stereocenters. The minimum atomic E-state index is -0.143. The van der Waals surface area contributed by atoms with Gasteiger partial charge in [-0.15, -0.1) is 11.3 Å². The Morgan fingerprint density at radius 2 is 1.74 bits per heavy atom. The van der Waals surface area contributed by atoms with Crippen LogP contribution in [0.1, 0.15) is 10.4 Å². The normalized spacial score (nSPS) is 10.6. The molecule has 2 aromatic carbocycles. The number of rotatable bonds is 4. The van der Waals surface area contributed by atoms with Gasteiger partial charge < -0.3 is 5.32 Å². The standard InChI is InChI=1S/C21H14BrN3OS/c22-17-6-4-14(5-7-17)20(26)24-18-3-1-2-16(12-18)19-13-27-21(25-19)15-8-10-23-11-9-15/h1-13H,(H,24,26). The summed E-state index contributed by atoms with van der Waals surface area (Å²) in [6, 6.07) is 18.9. The van der Waals surface area contributed by atoms with E-state index >= 15 is 0 Å². The van der Waals surface area contributed by atoms with Crippen LogP contribution in [0.3, 0.4) is 0 Å². The van der Waals surface area contributed by atoms with Crippen molar-refractivity contribution >= 4 is 38.9 Å². The molecule has 27 heavy (non-hydrogen) atoms. The summed E-state index contributed by atoms with van der Waals surface area (Å²) >= 11 is 4.96. The second-order valence-electron chi connectivity index (χ2n) is 5.82. The molecule has 2 aromatic heterocycles. The molecular formula is C21H14BrN3OS. The molecule has 1 amide bonds. The summed E-state index contributed by atoms with van der Waals surface area (Å²) in [6.45, 7) is 0. The lowest BCUT2D eigenvalue weighted by Crippen LogP contribution is -2.11. The Bertz CT molecular complexity index is 1080. The third kappa shape index (κ3) is 4.13. The van der Waals surface area contributed by atoms with E-state index in [1.165, 1.54) is 0 Å². The van der Waals surface area contributed by atoms with Crippen molar-refractivity contribution in [3.05, 3.63) is 88.5 Å². The lowest BCUT2D eigenvalue weighted by Gasteiger charge is -2.07. The van der Waals surface area contributed by atoms with Crippen molar-refractivity contribution in [2.45, 2.75) is 0 Å². The third-order valence-electron chi connectivity index (χ3n) is 3.95. The highest BCUT2D eigenvalue weighted by molar-refractivity contribution is 9.10. The Hall–Kier alpha value is -2.83. The van der Waals surface area contributed by atoms with E-state index in [0.717, 1.165) is 32.0 Å². The summed E-state index contributed by atoms with van der Waals surface area (Å²) in [5.41, 5.74) is 4.23. The van der Waals surface area contributed by atoms with Gasteiger partial charge in [-0.25, -0.2) is 4.98 Å². The van der Waals surface area contributed by atoms with E-state index in [1.807, 2.05) is 53.9 Å². The maximum atomic E-state index is 12.4. The van der Waals surface area contributed by atoms with Gasteiger partial charge in [-0.3, -0.25) is 9.78 Å². The number of benzene rings is 2. The van der Waals surface area contributed by atoms with E-state index in [0.29, 0.717) is 5.56 Å². The highest BCUT2D eigenvalue weighted by Gasteiger charge is 2.09. The van der Waals surface area contributed by atoms with Crippen LogP contribution in [0, 0.1) is 0 Å². The van der Waals surface area contributed by atoms with E-state index in [4.69, 9.17) is 4.98 Å². The second kappa shape index (κ2) is 7.82. The summed E-state index contributed by atoms with van der Waals surface area (Å²) in [5, 5.41) is 5.90. The Morgan fingerprint density at radius 3 is 2.52 bits per heavy atom. The van der Waals surface area contributed by atoms with Crippen LogP contribution in [0.2, 0.25) is 0 Å². The number of nitrogens with one attached hydrogen (secondary N) is 1. The van der Waals surface area contributed by atoms with Crippen molar-refractivity contribution in [1.82, 2.24) is 9.97 Å². The molecular weight excluding hydrogens is 422 g/mol. The van der Waals surface area contributed by atoms with Crippen molar-refractivity contribution in [1.29, 1.82) is 0 Å². The molecule has 0 unspecified atom stereocenters. The first-order chi connectivity index (χ1) is 13.2. The molecule has 0 aliphatic rings. The Kier molecular flexibility index (Phi) is 5.09. The largest absolute Gasteiger partial charge is 0.322 e. The number of amides is 1. The number of hydrogen-bond acceptors (Lipinski definition) is 4. The first-order valence-corrected chi connectivity index (χ1v) is 9.89. The Labute approximate surface area is 169 Å². The summed E-state index contributed by atoms with van der Waals surface area (Å²) in [6.07, 6.45) is 3.52. The number of aromatic nitrogens is 2. The van der Waals surface area contributed by atoms with Gasteiger partial charge in [0.05, 0.1) is 5.69 Å². The van der Waals surface area contributed by atoms with Gasteiger partial charge in [-0.1, -0.05) is 28.1 Å². The summed E-state index contributed by atoms with van der Waals surface area (Å²) in [7, 11) is 0. The average molecular weight is 436 g/mol. The highest BCUT2D eigenvalue weighted by atomic mass is 79.9. The van der Waals surface area contributed by atoms with Crippen LogP contribution >= 0.6 is 27.3 Å². The van der Waals surface area contributed by atoms with Crippen molar-refractivity contribution in [2.24, 2.45) is 0 Å². The monoisotopic (exact) mass is 435 g/mol. The van der Waals surface area contributed by atoms with Gasteiger partial charge in [0, 0.05) is 44.6 Å². The predicted molar refractivity (Wildman–Crippen MR) is 113 cm³/mol. The molecule has 4 aromatic rings. The number of thiazole rings is 1. The number of carbonyl (C=O) groups excluding carboxylic acids is 1. The molecule has 4 nitrogen and oxygen atoms in total. The Morgan fingerprint density at radius 1 is 0.963 bits per heavy atom. The highest BCUT2D eigenvalue weighted by Crippen LogP contribution is 2.29. The molecule has 0 aliphatic carbocycles. The fraction of sp³-hybridized carbons (Fsp3) is 0. The number of pyridine rings is 1. The SMILES string of the molecule is O=C(Nc1cccc(-c2csc(-c3ccncc3)n2)c1)c1ccc(Br)cc1. The van der Waals surface area contributed by atoms with E-state index in [9.17, 15) is 4.79 Å². The molecule has 4 rings (SSSR count). The first kappa shape index (κ1) is 17.6. The zero-order chi connectivity index (χ0) is 18.6. The summed E-state index contributed by atoms with van der Waals surface area (Å²) < 4.78 is 0.939. The van der Waals surface area contributed by atoms with E-state index in [-0.39, 0.29) is 5.91 Å². The predicted octanol–water partition coefficient (Wildman–Crippen LogP) is 5.89. The molecule has 6 heteroatoms. The third-order valence-corrected chi connectivity index (χ3v) is 5.37. The van der Waals surface area contributed by atoms with Gasteiger partial charge in [0.2, 0.25) is 0 Å². The average Bonchev–Trinajstić information content (AvgIpc) is 3.20. The van der Waals surface area contributed by atoms with Crippen LogP contribution in [-0.2, 0) is 0 Å². The summed E-state index contributed by atoms with van der Waals surface area (Å²) in [5.74, 6) is -0.143. The number of carbonyl (C=O) groups is 1. The van der Waals surface area contributed by atoms with Gasteiger partial charge in [-0.2, -0.15) is 0 Å². The molecule has 0 fully saturated rings. The molecule has 0 bridgehead atoms. The van der Waals surface area contributed by atoms with Gasteiger partial charge >= 0.3 is 0 Å². The second-order valence-corrected chi connectivity index (χ2v) is 7.59. The molecule has 0 spiro atoms. The number of halogens is 1. The number of hydrogen-bond donors (Lipinski definition) is 1. The molecule has 2 heterocycles. The van der Waals surface area contributed by atoms with Crippen LogP contribution in [-0.4, -0.2) is 15.9 Å². The molecule has 0 saturated carbocycles. The molecule has 1 N–H and O–H groups in total. The summed E-state index contributed by atoms with van der Waals surface area (Å²) in [4.78, 5) is 21.2. The molecule has 0 saturated heterocycles. The molecule has 0 aliphatic heterocycles. The zero-order valence-electron chi connectivity index (χ0n) is 14.1. The van der Waals surface area contributed by atoms with Crippen LogP contribution in [0.5, 0.6) is 0 Å². The maximum absolute atomic E-state index is 12.4. The van der Waals surface area contributed by atoms with Crippen molar-refractivity contribution in [2.75, 3.05) is 5.32 Å². The number of anilines is 1. The maximum Gasteiger partial charge on any atom is 0.255 e. The molecule has 0 radical (unpaired) electrons. The fourth-order valence-corrected chi connectivity index (χ4v) is 3.69. The van der Waals surface area contributed by atoms with Crippen LogP contribution in [0.25, 0.3) is 21.8 Å². The lowest BCUT2D eigenvalue weighted by molar-refractivity contribution is 0.102. The van der Waals surface area contributed by atoms with E-state index < -0.39 is 0 Å². The quantitative estimate of drug-likeness (QED) is 0.434. The van der Waals surface area contributed by atoms with E-state index in [2.05, 4.69) is 26.2 Å². The smallest absolute Gasteiger partial charge is 0.255 e. The van der Waals surface area contributed by atoms with E-state index in [1.54, 1.807) is 35.9 Å². The van der Waals surface area contributed by atoms with Crippen molar-refractivity contribution < 1.29 is 4.79 Å². The first-order valence-electron chi connectivity index (χ1n) is 8.22.